The molecule has 6 rings (SSSR count). The van der Waals surface area contributed by atoms with Crippen LogP contribution < -0.4 is 0 Å². The van der Waals surface area contributed by atoms with Gasteiger partial charge < -0.3 is 4.57 Å². The second-order valence-electron chi connectivity index (χ2n) is 7.69. The van der Waals surface area contributed by atoms with Crippen molar-refractivity contribution >= 4 is 11.8 Å². The predicted octanol–water partition coefficient (Wildman–Crippen LogP) is 3.99. The molecule has 0 unspecified atom stereocenters. The van der Waals surface area contributed by atoms with Gasteiger partial charge in [0.15, 0.2) is 5.16 Å². The van der Waals surface area contributed by atoms with E-state index in [1.807, 2.05) is 11.8 Å². The highest BCUT2D eigenvalue weighted by Gasteiger charge is 2.47. The Balaban J connectivity index is 1.27. The van der Waals surface area contributed by atoms with Crippen molar-refractivity contribution in [1.82, 2.24) is 9.55 Å². The van der Waals surface area contributed by atoms with Gasteiger partial charge in [0.2, 0.25) is 0 Å². The molecule has 108 valence electrons. The van der Waals surface area contributed by atoms with E-state index in [1.54, 1.807) is 32.1 Å². The van der Waals surface area contributed by atoms with Crippen LogP contribution >= 0.6 is 11.8 Å². The molecule has 0 aromatic carbocycles. The molecule has 4 aliphatic carbocycles. The second-order valence-corrected chi connectivity index (χ2v) is 8.75. The largest absolute Gasteiger partial charge is 0.325 e. The zero-order valence-corrected chi connectivity index (χ0v) is 12.9. The minimum Gasteiger partial charge on any atom is -0.325 e. The van der Waals surface area contributed by atoms with Crippen molar-refractivity contribution in [2.45, 2.75) is 56.6 Å². The molecule has 1 aromatic heterocycles. The van der Waals surface area contributed by atoms with Crippen LogP contribution in [0.15, 0.2) is 11.4 Å². The Morgan fingerprint density at radius 1 is 1.10 bits per heavy atom. The van der Waals surface area contributed by atoms with Gasteiger partial charge in [0, 0.05) is 18.5 Å². The number of thioether (sulfide) groups is 1. The molecule has 0 saturated heterocycles. The molecule has 4 saturated carbocycles. The summed E-state index contributed by atoms with van der Waals surface area (Å²) < 4.78 is 2.36. The van der Waals surface area contributed by atoms with E-state index in [9.17, 15) is 0 Å². The molecule has 2 heterocycles. The summed E-state index contributed by atoms with van der Waals surface area (Å²) in [4.78, 5) is 4.82. The Hall–Kier alpha value is -0.440. The van der Waals surface area contributed by atoms with E-state index in [4.69, 9.17) is 4.98 Å². The van der Waals surface area contributed by atoms with Gasteiger partial charge in [-0.05, 0) is 74.5 Å². The lowest BCUT2D eigenvalue weighted by molar-refractivity contribution is -0.0394. The van der Waals surface area contributed by atoms with Crippen LogP contribution in [0.4, 0.5) is 0 Å². The number of rotatable bonds is 3. The number of hydrogen-bond donors (Lipinski definition) is 0. The van der Waals surface area contributed by atoms with Crippen LogP contribution in [-0.2, 0) is 13.0 Å². The van der Waals surface area contributed by atoms with Gasteiger partial charge in [0.05, 0.1) is 5.69 Å². The number of fused-ring (bicyclic) bond motifs is 1. The molecule has 3 heteroatoms. The zero-order valence-electron chi connectivity index (χ0n) is 12.1. The van der Waals surface area contributed by atoms with Gasteiger partial charge in [-0.1, -0.05) is 11.8 Å². The molecule has 5 aliphatic rings. The molecular formula is C17H24N2S. The van der Waals surface area contributed by atoms with Gasteiger partial charge in [0.1, 0.15) is 0 Å². The van der Waals surface area contributed by atoms with Gasteiger partial charge in [0.25, 0.3) is 0 Å². The van der Waals surface area contributed by atoms with Gasteiger partial charge in [-0.25, -0.2) is 4.98 Å². The lowest BCUT2D eigenvalue weighted by Crippen LogP contribution is -2.45. The van der Waals surface area contributed by atoms with Crippen molar-refractivity contribution in [2.24, 2.45) is 29.6 Å². The molecule has 1 aromatic rings. The van der Waals surface area contributed by atoms with Crippen LogP contribution in [0.1, 0.15) is 44.2 Å². The molecular weight excluding hydrogens is 264 g/mol. The standard InChI is InChI=1S/C17H24N2S/c1(15-10-19-3-4-20-17(19)18-15)2-16-13-6-11-5-12(8-13)9-14(16)7-11/h10-14,16H,1-9H2. The first-order chi connectivity index (χ1) is 9.85. The molecule has 4 bridgehead atoms. The van der Waals surface area contributed by atoms with Crippen molar-refractivity contribution in [1.29, 1.82) is 0 Å². The first-order valence-corrected chi connectivity index (χ1v) is 9.52. The summed E-state index contributed by atoms with van der Waals surface area (Å²) in [6.45, 7) is 1.17. The maximum atomic E-state index is 4.82. The minimum absolute atomic E-state index is 1.03. The van der Waals surface area contributed by atoms with Crippen molar-refractivity contribution < 1.29 is 0 Å². The van der Waals surface area contributed by atoms with E-state index < -0.39 is 0 Å². The fraction of sp³-hybridized carbons (Fsp3) is 0.824. The van der Waals surface area contributed by atoms with Crippen LogP contribution in [0, 0.1) is 29.6 Å². The molecule has 4 fully saturated rings. The quantitative estimate of drug-likeness (QED) is 0.837. The molecule has 2 nitrogen and oxygen atoms in total. The summed E-state index contributed by atoms with van der Waals surface area (Å²) >= 11 is 1.92. The minimum atomic E-state index is 1.03. The van der Waals surface area contributed by atoms with Crippen molar-refractivity contribution in [2.75, 3.05) is 5.75 Å². The Morgan fingerprint density at radius 3 is 2.55 bits per heavy atom. The zero-order chi connectivity index (χ0) is 13.1. The van der Waals surface area contributed by atoms with E-state index in [2.05, 4.69) is 10.8 Å². The summed E-state index contributed by atoms with van der Waals surface area (Å²) in [5.74, 6) is 6.64. The third-order valence-corrected chi connectivity index (χ3v) is 7.48. The van der Waals surface area contributed by atoms with E-state index in [1.165, 1.54) is 36.0 Å². The van der Waals surface area contributed by atoms with Crippen molar-refractivity contribution in [3.63, 3.8) is 0 Å². The molecule has 0 atom stereocenters. The van der Waals surface area contributed by atoms with Crippen LogP contribution in [-0.4, -0.2) is 15.3 Å². The van der Waals surface area contributed by atoms with E-state index in [-0.39, 0.29) is 0 Å². The highest BCUT2D eigenvalue weighted by Crippen LogP contribution is 2.57. The molecule has 0 radical (unpaired) electrons. The summed E-state index contributed by atoms with van der Waals surface area (Å²) in [6.07, 6.45) is 12.8. The molecule has 0 N–H and O–H groups in total. The number of nitrogens with zero attached hydrogens (tertiary/aromatic N) is 2. The number of hydrogen-bond acceptors (Lipinski definition) is 2. The number of aryl methyl sites for hydroxylation is 2. The Bertz CT molecular complexity index is 472. The maximum Gasteiger partial charge on any atom is 0.168 e. The molecule has 1 aliphatic heterocycles. The van der Waals surface area contributed by atoms with Gasteiger partial charge in [-0.2, -0.15) is 0 Å². The van der Waals surface area contributed by atoms with Crippen LogP contribution in [0.3, 0.4) is 0 Å². The summed E-state index contributed by atoms with van der Waals surface area (Å²) in [6, 6.07) is 0. The fourth-order valence-corrected chi connectivity index (χ4v) is 6.87. The van der Waals surface area contributed by atoms with Gasteiger partial charge >= 0.3 is 0 Å². The van der Waals surface area contributed by atoms with Gasteiger partial charge in [-0.3, -0.25) is 0 Å². The summed E-state index contributed by atoms with van der Waals surface area (Å²) in [5.41, 5.74) is 1.36. The Morgan fingerprint density at radius 2 is 1.85 bits per heavy atom. The Kier molecular flexibility index (Phi) is 2.75. The smallest absolute Gasteiger partial charge is 0.168 e. The molecule has 0 spiro atoms. The van der Waals surface area contributed by atoms with Gasteiger partial charge in [-0.15, -0.1) is 0 Å². The van der Waals surface area contributed by atoms with E-state index in [0.29, 0.717) is 0 Å². The van der Waals surface area contributed by atoms with Crippen LogP contribution in [0.5, 0.6) is 0 Å². The predicted molar refractivity (Wildman–Crippen MR) is 81.8 cm³/mol. The average Bonchev–Trinajstić information content (AvgIpc) is 2.97. The fourth-order valence-electron chi connectivity index (χ4n) is 5.91. The van der Waals surface area contributed by atoms with Crippen molar-refractivity contribution in [3.8, 4) is 0 Å². The summed E-state index contributed by atoms with van der Waals surface area (Å²) in [7, 11) is 0. The monoisotopic (exact) mass is 288 g/mol. The van der Waals surface area contributed by atoms with Crippen LogP contribution in [0.2, 0.25) is 0 Å². The lowest BCUT2D eigenvalue weighted by atomic mass is 9.51. The third-order valence-electron chi connectivity index (χ3n) is 6.51. The highest BCUT2D eigenvalue weighted by atomic mass is 32.2. The molecule has 20 heavy (non-hydrogen) atoms. The van der Waals surface area contributed by atoms with Crippen LogP contribution in [0.25, 0.3) is 0 Å². The first-order valence-electron chi connectivity index (χ1n) is 8.54. The maximum absolute atomic E-state index is 4.82. The average molecular weight is 288 g/mol. The normalized spacial score (nSPS) is 41.3. The van der Waals surface area contributed by atoms with Crippen molar-refractivity contribution in [3.05, 3.63) is 11.9 Å². The van der Waals surface area contributed by atoms with E-state index >= 15 is 0 Å². The lowest BCUT2D eigenvalue weighted by Gasteiger charge is -2.54. The molecule has 0 amide bonds. The first kappa shape index (κ1) is 12.1. The summed E-state index contributed by atoms with van der Waals surface area (Å²) in [5, 5.41) is 1.27. The Labute approximate surface area is 125 Å². The second kappa shape index (κ2) is 4.53. The highest BCUT2D eigenvalue weighted by molar-refractivity contribution is 7.99. The van der Waals surface area contributed by atoms with E-state index in [0.717, 1.165) is 29.6 Å². The SMILES string of the molecule is c1c(CCC2C3CC4CC(C3)CC2C4)nc2n1CCS2. The third kappa shape index (κ3) is 1.88. The number of aromatic nitrogens is 2. The number of imidazole rings is 1. The topological polar surface area (TPSA) is 17.8 Å².